The van der Waals surface area contributed by atoms with Crippen molar-refractivity contribution in [1.82, 2.24) is 4.98 Å². The number of aromatic amines is 1. The maximum Gasteiger partial charge on any atom is 0.255 e. The summed E-state index contributed by atoms with van der Waals surface area (Å²) in [6, 6.07) is 17.8. The van der Waals surface area contributed by atoms with Crippen LogP contribution in [-0.4, -0.2) is 17.5 Å². The van der Waals surface area contributed by atoms with Crippen molar-refractivity contribution >= 4 is 16.8 Å². The molecule has 4 nitrogen and oxygen atoms in total. The third-order valence-corrected chi connectivity index (χ3v) is 3.08. The molecule has 0 spiro atoms. The Morgan fingerprint density at radius 2 is 1.85 bits per heavy atom. The molecule has 0 aliphatic heterocycles. The Hall–Kier alpha value is -2.75. The first-order valence-corrected chi connectivity index (χ1v) is 6.32. The van der Waals surface area contributed by atoms with Gasteiger partial charge in [-0.3, -0.25) is 4.79 Å². The molecule has 0 saturated carbocycles. The van der Waals surface area contributed by atoms with Crippen molar-refractivity contribution in [3.8, 4) is 17.0 Å². The van der Waals surface area contributed by atoms with Gasteiger partial charge < -0.3 is 15.5 Å². The molecule has 0 aliphatic carbocycles. The molecule has 0 aliphatic rings. The fourth-order valence-corrected chi connectivity index (χ4v) is 2.11. The quantitative estimate of drug-likeness (QED) is 0.762. The van der Waals surface area contributed by atoms with E-state index in [1.807, 2.05) is 42.5 Å². The first-order valence-electron chi connectivity index (χ1n) is 6.32. The van der Waals surface area contributed by atoms with E-state index in [1.54, 1.807) is 0 Å². The van der Waals surface area contributed by atoms with Crippen LogP contribution in [0.4, 0.5) is 0 Å². The van der Waals surface area contributed by atoms with Crippen molar-refractivity contribution < 1.29 is 9.53 Å². The van der Waals surface area contributed by atoms with Gasteiger partial charge >= 0.3 is 0 Å². The number of nitrogens with two attached hydrogens (primary N) is 1. The average Bonchev–Trinajstić information content (AvgIpc) is 2.89. The third-order valence-electron chi connectivity index (χ3n) is 3.08. The molecule has 0 unspecified atom stereocenters. The van der Waals surface area contributed by atoms with E-state index in [-0.39, 0.29) is 6.61 Å². The summed E-state index contributed by atoms with van der Waals surface area (Å²) in [6.45, 7) is -0.105. The monoisotopic (exact) mass is 266 g/mol. The number of nitrogens with one attached hydrogen (secondary N) is 1. The number of carbonyl (C=O) groups is 1. The Morgan fingerprint density at radius 3 is 2.55 bits per heavy atom. The fourth-order valence-electron chi connectivity index (χ4n) is 2.11. The molecule has 1 heterocycles. The minimum absolute atomic E-state index is 0.105. The van der Waals surface area contributed by atoms with Gasteiger partial charge in [0.05, 0.1) is 0 Å². The van der Waals surface area contributed by atoms with Crippen LogP contribution >= 0.6 is 0 Å². The number of hydrogen-bond donors (Lipinski definition) is 2. The zero-order valence-electron chi connectivity index (χ0n) is 10.8. The van der Waals surface area contributed by atoms with Gasteiger partial charge in [-0.05, 0) is 42.0 Å². The molecule has 1 aromatic heterocycles. The minimum Gasteiger partial charge on any atom is -0.484 e. The number of hydrogen-bond acceptors (Lipinski definition) is 2. The van der Waals surface area contributed by atoms with E-state index in [2.05, 4.69) is 17.1 Å². The van der Waals surface area contributed by atoms with Crippen molar-refractivity contribution in [2.75, 3.05) is 6.61 Å². The number of amides is 1. The van der Waals surface area contributed by atoms with Gasteiger partial charge in [-0.1, -0.05) is 18.2 Å². The number of aromatic nitrogens is 1. The van der Waals surface area contributed by atoms with E-state index in [4.69, 9.17) is 10.5 Å². The molecule has 2 aromatic carbocycles. The number of carbonyl (C=O) groups excluding carboxylic acids is 1. The van der Waals surface area contributed by atoms with E-state index in [1.165, 1.54) is 5.39 Å². The predicted octanol–water partition coefficient (Wildman–Crippen LogP) is 2.70. The molecule has 0 atom stereocenters. The molecule has 0 fully saturated rings. The van der Waals surface area contributed by atoms with Crippen LogP contribution in [0.3, 0.4) is 0 Å². The molecule has 20 heavy (non-hydrogen) atoms. The number of fused-ring (bicyclic) bond motifs is 1. The Morgan fingerprint density at radius 1 is 1.10 bits per heavy atom. The van der Waals surface area contributed by atoms with Crippen LogP contribution in [0.2, 0.25) is 0 Å². The Balaban J connectivity index is 1.85. The second kappa shape index (κ2) is 5.09. The zero-order valence-corrected chi connectivity index (χ0v) is 10.8. The molecular weight excluding hydrogens is 252 g/mol. The molecule has 100 valence electrons. The summed E-state index contributed by atoms with van der Waals surface area (Å²) in [5, 5.41) is 1.18. The minimum atomic E-state index is -0.482. The number of primary amides is 1. The molecule has 0 saturated heterocycles. The molecule has 0 radical (unpaired) electrons. The highest BCUT2D eigenvalue weighted by Crippen LogP contribution is 2.25. The lowest BCUT2D eigenvalue weighted by atomic mass is 10.1. The number of rotatable bonds is 4. The predicted molar refractivity (Wildman–Crippen MR) is 78.4 cm³/mol. The Bertz CT molecular complexity index is 712. The molecule has 4 heteroatoms. The topological polar surface area (TPSA) is 68.1 Å². The van der Waals surface area contributed by atoms with Crippen LogP contribution < -0.4 is 10.5 Å². The van der Waals surface area contributed by atoms with Gasteiger partial charge in [0.2, 0.25) is 0 Å². The number of H-pyrrole nitrogens is 1. The lowest BCUT2D eigenvalue weighted by Crippen LogP contribution is -2.19. The number of para-hydroxylation sites is 1. The summed E-state index contributed by atoms with van der Waals surface area (Å²) in [4.78, 5) is 14.0. The maximum atomic E-state index is 10.7. The van der Waals surface area contributed by atoms with E-state index in [0.717, 1.165) is 16.8 Å². The van der Waals surface area contributed by atoms with Crippen molar-refractivity contribution in [3.63, 3.8) is 0 Å². The zero-order chi connectivity index (χ0) is 13.9. The number of ether oxygens (including phenoxy) is 1. The van der Waals surface area contributed by atoms with Gasteiger partial charge in [0.15, 0.2) is 6.61 Å². The van der Waals surface area contributed by atoms with E-state index >= 15 is 0 Å². The maximum absolute atomic E-state index is 10.7. The summed E-state index contributed by atoms with van der Waals surface area (Å²) >= 11 is 0. The highest BCUT2D eigenvalue weighted by molar-refractivity contribution is 5.85. The van der Waals surface area contributed by atoms with Crippen molar-refractivity contribution in [2.45, 2.75) is 0 Å². The SMILES string of the molecule is NC(=O)COc1ccc(-c2cc3ccccc3[nH]2)cc1. The average molecular weight is 266 g/mol. The normalized spacial score (nSPS) is 10.6. The number of benzene rings is 2. The van der Waals surface area contributed by atoms with Crippen molar-refractivity contribution in [1.29, 1.82) is 0 Å². The van der Waals surface area contributed by atoms with Crippen LogP contribution in [0.15, 0.2) is 54.6 Å². The van der Waals surface area contributed by atoms with E-state index in [9.17, 15) is 4.79 Å². The second-order valence-electron chi connectivity index (χ2n) is 4.55. The van der Waals surface area contributed by atoms with Crippen molar-refractivity contribution in [3.05, 3.63) is 54.6 Å². The van der Waals surface area contributed by atoms with Gasteiger partial charge in [-0.15, -0.1) is 0 Å². The van der Waals surface area contributed by atoms with Crippen LogP contribution in [0.5, 0.6) is 5.75 Å². The first-order chi connectivity index (χ1) is 9.72. The molecule has 0 bridgehead atoms. The molecule has 1 amide bonds. The standard InChI is InChI=1S/C16H14N2O2/c17-16(19)10-20-13-7-5-11(6-8-13)15-9-12-3-1-2-4-14(12)18-15/h1-9,18H,10H2,(H2,17,19). The largest absolute Gasteiger partial charge is 0.484 e. The highest BCUT2D eigenvalue weighted by atomic mass is 16.5. The van der Waals surface area contributed by atoms with Crippen LogP contribution in [-0.2, 0) is 4.79 Å². The summed E-state index contributed by atoms with van der Waals surface area (Å²) in [7, 11) is 0. The molecule has 3 rings (SSSR count). The Kier molecular flexibility index (Phi) is 3.13. The van der Waals surface area contributed by atoms with Gasteiger partial charge in [0.1, 0.15) is 5.75 Å². The Labute approximate surface area is 116 Å². The van der Waals surface area contributed by atoms with E-state index < -0.39 is 5.91 Å². The fraction of sp³-hybridized carbons (Fsp3) is 0.0625. The van der Waals surface area contributed by atoms with Gasteiger partial charge in [-0.25, -0.2) is 0 Å². The third kappa shape index (κ3) is 2.49. The smallest absolute Gasteiger partial charge is 0.255 e. The van der Waals surface area contributed by atoms with Crippen LogP contribution in [0.1, 0.15) is 0 Å². The van der Waals surface area contributed by atoms with Gasteiger partial charge in [-0.2, -0.15) is 0 Å². The summed E-state index contributed by atoms with van der Waals surface area (Å²) in [6.07, 6.45) is 0. The van der Waals surface area contributed by atoms with Gasteiger partial charge in [0, 0.05) is 16.6 Å². The lowest BCUT2D eigenvalue weighted by Gasteiger charge is -2.04. The van der Waals surface area contributed by atoms with Crippen LogP contribution in [0.25, 0.3) is 22.2 Å². The summed E-state index contributed by atoms with van der Waals surface area (Å²) in [5.74, 6) is 0.147. The summed E-state index contributed by atoms with van der Waals surface area (Å²) < 4.78 is 5.23. The molecular formula is C16H14N2O2. The molecule has 3 N–H and O–H groups in total. The highest BCUT2D eigenvalue weighted by Gasteiger charge is 2.03. The van der Waals surface area contributed by atoms with Crippen LogP contribution in [0, 0.1) is 0 Å². The lowest BCUT2D eigenvalue weighted by molar-refractivity contribution is -0.119. The second-order valence-corrected chi connectivity index (χ2v) is 4.55. The molecule has 3 aromatic rings. The first kappa shape index (κ1) is 12.3. The van der Waals surface area contributed by atoms with Gasteiger partial charge in [0.25, 0.3) is 5.91 Å². The summed E-state index contributed by atoms with van der Waals surface area (Å²) in [5.41, 5.74) is 8.25. The van der Waals surface area contributed by atoms with E-state index in [0.29, 0.717) is 5.75 Å². The van der Waals surface area contributed by atoms with Crippen molar-refractivity contribution in [2.24, 2.45) is 5.73 Å².